The van der Waals surface area contributed by atoms with Crippen molar-refractivity contribution in [2.75, 3.05) is 31.7 Å². The van der Waals surface area contributed by atoms with Gasteiger partial charge in [0, 0.05) is 32.1 Å². The summed E-state index contributed by atoms with van der Waals surface area (Å²) in [5, 5.41) is 7.99. The molecule has 3 aromatic rings. The topological polar surface area (TPSA) is 61.2 Å². The van der Waals surface area contributed by atoms with Gasteiger partial charge in [0.25, 0.3) is 0 Å². The molecule has 6 heteroatoms. The van der Waals surface area contributed by atoms with E-state index >= 15 is 0 Å². The van der Waals surface area contributed by atoms with Gasteiger partial charge in [0.05, 0.1) is 5.69 Å². The van der Waals surface area contributed by atoms with Crippen molar-refractivity contribution in [3.05, 3.63) is 66.0 Å². The van der Waals surface area contributed by atoms with Crippen LogP contribution in [0.25, 0.3) is 5.69 Å². The lowest BCUT2D eigenvalue weighted by molar-refractivity contribution is 0.0806. The van der Waals surface area contributed by atoms with Crippen molar-refractivity contribution in [1.29, 1.82) is 0 Å². The van der Waals surface area contributed by atoms with E-state index in [0.29, 0.717) is 17.8 Å². The number of nitrogens with zero attached hydrogens (tertiary/aromatic N) is 3. The highest BCUT2D eigenvalue weighted by molar-refractivity contribution is 5.57. The fraction of sp³-hybridized carbons (Fsp3) is 0.417. The van der Waals surface area contributed by atoms with Crippen LogP contribution in [0.5, 0.6) is 0 Å². The predicted octanol–water partition coefficient (Wildman–Crippen LogP) is 4.80. The van der Waals surface area contributed by atoms with Crippen LogP contribution in [0.1, 0.15) is 48.6 Å². The van der Waals surface area contributed by atoms with Crippen LogP contribution in [0, 0.1) is 0 Å². The molecule has 0 amide bonds. The number of ether oxygens (including phenoxy) is 2. The summed E-state index contributed by atoms with van der Waals surface area (Å²) in [5.74, 6) is 1.74. The van der Waals surface area contributed by atoms with Crippen molar-refractivity contribution in [1.82, 2.24) is 14.8 Å². The molecule has 2 saturated heterocycles. The van der Waals surface area contributed by atoms with Crippen molar-refractivity contribution in [2.45, 2.75) is 37.5 Å². The molecule has 0 aliphatic carbocycles. The minimum Gasteiger partial charge on any atom is -0.381 e. The van der Waals surface area contributed by atoms with Crippen LogP contribution in [0.15, 0.2) is 54.9 Å². The number of para-hydroxylation sites is 1. The Morgan fingerprint density at radius 2 is 1.47 bits per heavy atom. The number of anilines is 2. The summed E-state index contributed by atoms with van der Waals surface area (Å²) in [6.45, 7) is 3.41. The highest BCUT2D eigenvalue weighted by Gasteiger charge is 2.25. The van der Waals surface area contributed by atoms with E-state index in [2.05, 4.69) is 33.6 Å². The van der Waals surface area contributed by atoms with Gasteiger partial charge in [0.15, 0.2) is 0 Å². The Bertz CT molecular complexity index is 960. The molecule has 2 aromatic carbocycles. The summed E-state index contributed by atoms with van der Waals surface area (Å²) in [6, 6.07) is 16.8. The average Bonchev–Trinajstić information content (AvgIpc) is 3.29. The van der Waals surface area contributed by atoms with Gasteiger partial charge in [-0.2, -0.15) is 4.98 Å². The maximum absolute atomic E-state index is 5.62. The summed E-state index contributed by atoms with van der Waals surface area (Å²) in [5.41, 5.74) is 4.98. The van der Waals surface area contributed by atoms with Crippen LogP contribution in [-0.2, 0) is 9.47 Å². The van der Waals surface area contributed by atoms with Crippen LogP contribution < -0.4 is 5.32 Å². The zero-order chi connectivity index (χ0) is 20.2. The number of hydrogen-bond donors (Lipinski definition) is 1. The monoisotopic (exact) mass is 404 g/mol. The second kappa shape index (κ2) is 8.98. The molecular formula is C24H28N4O2. The lowest BCUT2D eigenvalue weighted by Crippen LogP contribution is -2.19. The number of rotatable bonds is 5. The average molecular weight is 405 g/mol. The first kappa shape index (κ1) is 19.3. The molecule has 0 atom stereocenters. The molecule has 0 radical (unpaired) electrons. The van der Waals surface area contributed by atoms with Gasteiger partial charge >= 0.3 is 0 Å². The van der Waals surface area contributed by atoms with Gasteiger partial charge in [0.1, 0.15) is 6.33 Å². The molecule has 2 aliphatic rings. The molecule has 0 spiro atoms. The fourth-order valence-corrected chi connectivity index (χ4v) is 4.55. The maximum Gasteiger partial charge on any atom is 0.246 e. The third-order valence-electron chi connectivity index (χ3n) is 6.18. The molecule has 1 N–H and O–H groups in total. The molecule has 6 nitrogen and oxygen atoms in total. The van der Waals surface area contributed by atoms with E-state index < -0.39 is 0 Å². The van der Waals surface area contributed by atoms with Crippen LogP contribution in [0.3, 0.4) is 0 Å². The van der Waals surface area contributed by atoms with Gasteiger partial charge in [-0.25, -0.2) is 4.68 Å². The molecule has 5 rings (SSSR count). The van der Waals surface area contributed by atoms with Gasteiger partial charge in [-0.3, -0.25) is 0 Å². The number of benzene rings is 2. The van der Waals surface area contributed by atoms with Crippen LogP contribution in [0.4, 0.5) is 11.6 Å². The quantitative estimate of drug-likeness (QED) is 0.662. The minimum atomic E-state index is 0.549. The van der Waals surface area contributed by atoms with E-state index in [1.165, 1.54) is 11.1 Å². The summed E-state index contributed by atoms with van der Waals surface area (Å²) in [7, 11) is 0. The van der Waals surface area contributed by atoms with Gasteiger partial charge in [-0.05, 0) is 72.9 Å². The van der Waals surface area contributed by atoms with Gasteiger partial charge < -0.3 is 14.8 Å². The van der Waals surface area contributed by atoms with Crippen molar-refractivity contribution >= 4 is 11.6 Å². The fourth-order valence-electron chi connectivity index (χ4n) is 4.55. The molecule has 2 aliphatic heterocycles. The molecule has 156 valence electrons. The zero-order valence-corrected chi connectivity index (χ0v) is 17.2. The number of nitrogens with one attached hydrogen (secondary N) is 1. The maximum atomic E-state index is 5.62. The van der Waals surface area contributed by atoms with Gasteiger partial charge in [-0.1, -0.05) is 24.3 Å². The number of aromatic nitrogens is 3. The van der Waals surface area contributed by atoms with E-state index in [4.69, 9.17) is 9.47 Å². The van der Waals surface area contributed by atoms with E-state index in [-0.39, 0.29) is 0 Å². The zero-order valence-electron chi connectivity index (χ0n) is 17.2. The molecule has 1 aromatic heterocycles. The first-order valence-corrected chi connectivity index (χ1v) is 10.9. The van der Waals surface area contributed by atoms with Crippen molar-refractivity contribution in [2.24, 2.45) is 0 Å². The van der Waals surface area contributed by atoms with E-state index in [1.54, 1.807) is 11.0 Å². The highest BCUT2D eigenvalue weighted by Crippen LogP contribution is 2.38. The van der Waals surface area contributed by atoms with Crippen molar-refractivity contribution < 1.29 is 9.47 Å². The van der Waals surface area contributed by atoms with Crippen molar-refractivity contribution in [3.63, 3.8) is 0 Å². The third-order valence-corrected chi connectivity index (χ3v) is 6.18. The summed E-state index contributed by atoms with van der Waals surface area (Å²) >= 11 is 0. The SMILES string of the molecule is c1ccc(-n2cnc(Nc3ccc(C4CCOCC4)c(C4CCOCC4)c3)n2)cc1. The predicted molar refractivity (Wildman–Crippen MR) is 117 cm³/mol. The van der Waals surface area contributed by atoms with Gasteiger partial charge in [0.2, 0.25) is 5.95 Å². The Morgan fingerprint density at radius 1 is 0.800 bits per heavy atom. The van der Waals surface area contributed by atoms with E-state index in [1.807, 2.05) is 30.3 Å². The second-order valence-electron chi connectivity index (χ2n) is 8.09. The lowest BCUT2D eigenvalue weighted by Gasteiger charge is -2.30. The molecular weight excluding hydrogens is 376 g/mol. The van der Waals surface area contributed by atoms with Crippen LogP contribution in [-0.4, -0.2) is 41.2 Å². The molecule has 30 heavy (non-hydrogen) atoms. The Balaban J connectivity index is 1.40. The summed E-state index contributed by atoms with van der Waals surface area (Å²) < 4.78 is 13.0. The normalized spacial score (nSPS) is 18.4. The van der Waals surface area contributed by atoms with Crippen LogP contribution >= 0.6 is 0 Å². The molecule has 0 saturated carbocycles. The largest absolute Gasteiger partial charge is 0.381 e. The number of hydrogen-bond acceptors (Lipinski definition) is 5. The Kier molecular flexibility index (Phi) is 5.77. The summed E-state index contributed by atoms with van der Waals surface area (Å²) in [6.07, 6.45) is 6.12. The first-order valence-electron chi connectivity index (χ1n) is 10.9. The smallest absolute Gasteiger partial charge is 0.246 e. The second-order valence-corrected chi connectivity index (χ2v) is 8.09. The Labute approximate surface area is 177 Å². The molecule has 3 heterocycles. The van der Waals surface area contributed by atoms with E-state index in [9.17, 15) is 0 Å². The standard InChI is InChI=1S/C24H28N4O2/c1-2-4-21(5-3-1)28-17-25-24(27-28)26-20-6-7-22(18-8-12-29-13-9-18)23(16-20)19-10-14-30-15-11-19/h1-7,16-19H,8-15H2,(H,26,27). The Morgan fingerprint density at radius 3 is 2.17 bits per heavy atom. The first-order chi connectivity index (χ1) is 14.9. The Hall–Kier alpha value is -2.70. The van der Waals surface area contributed by atoms with Crippen molar-refractivity contribution in [3.8, 4) is 5.69 Å². The van der Waals surface area contributed by atoms with E-state index in [0.717, 1.165) is 63.5 Å². The molecule has 0 bridgehead atoms. The van der Waals surface area contributed by atoms with Gasteiger partial charge in [-0.15, -0.1) is 5.10 Å². The molecule has 2 fully saturated rings. The lowest BCUT2D eigenvalue weighted by atomic mass is 9.81. The molecule has 0 unspecified atom stereocenters. The van der Waals surface area contributed by atoms with Crippen LogP contribution in [0.2, 0.25) is 0 Å². The minimum absolute atomic E-state index is 0.549. The highest BCUT2D eigenvalue weighted by atomic mass is 16.5. The summed E-state index contributed by atoms with van der Waals surface area (Å²) in [4.78, 5) is 4.45. The third kappa shape index (κ3) is 4.25.